The van der Waals surface area contributed by atoms with Gasteiger partial charge in [-0.05, 0) is 12.1 Å². The van der Waals surface area contributed by atoms with Crippen LogP contribution in [0.3, 0.4) is 0 Å². The zero-order valence-electron chi connectivity index (χ0n) is 34.5. The molecule has 27 heteroatoms. The van der Waals surface area contributed by atoms with E-state index < -0.39 is 123 Å². The van der Waals surface area contributed by atoms with Crippen LogP contribution in [0.1, 0.15) is 41.5 Å². The first-order valence-corrected chi connectivity index (χ1v) is 21.3. The zero-order valence-corrected chi connectivity index (χ0v) is 36.2. The molecule has 0 bridgehead atoms. The Balaban J connectivity index is 0.00000139. The summed E-state index contributed by atoms with van der Waals surface area (Å²) in [6, 6.07) is 8.87. The number of imidazole rings is 1. The van der Waals surface area contributed by atoms with E-state index in [9.17, 15) is 58.7 Å². The van der Waals surface area contributed by atoms with Crippen molar-refractivity contribution >= 4 is 61.4 Å². The summed E-state index contributed by atoms with van der Waals surface area (Å²) in [7, 11) is -8.90. The molecule has 1 aromatic heterocycles. The van der Waals surface area contributed by atoms with Gasteiger partial charge in [-0.25, -0.2) is 13.9 Å². The number of thioether (sulfide) groups is 1. The van der Waals surface area contributed by atoms with Gasteiger partial charge in [-0.3, -0.25) is 28.8 Å². The third-order valence-electron chi connectivity index (χ3n) is 7.97. The molecule has 354 valence electrons. The first-order valence-electron chi connectivity index (χ1n) is 18.4. The van der Waals surface area contributed by atoms with Crippen molar-refractivity contribution in [1.29, 1.82) is 0 Å². The van der Waals surface area contributed by atoms with Crippen molar-refractivity contribution in [3.63, 3.8) is 0 Å². The Labute approximate surface area is 359 Å². The van der Waals surface area contributed by atoms with Gasteiger partial charge in [0.15, 0.2) is 49.5 Å². The van der Waals surface area contributed by atoms with Crippen LogP contribution in [-0.4, -0.2) is 120 Å². The second-order valence-corrected chi connectivity index (χ2v) is 16.8. The van der Waals surface area contributed by atoms with E-state index in [1.807, 2.05) is 0 Å². The SMILES string of the molecule is CC(=O)OC[C@H]1O[C@@H](OC[C@H]2O[C@@H](Sc3ccccc3)[C@H](OC(C)=O)[C@@H](OC(C)=O)[C@@H]2OC(=O)Cn2cc[n+](C)c2)[C@H](OC(C)=O)[C@@H](OC(C)=O)[C@@H]1OC(C)=O.F[P-](F)(F)(F)(F)F. The molecule has 0 aliphatic carbocycles. The summed E-state index contributed by atoms with van der Waals surface area (Å²) >= 11 is 1.12. The van der Waals surface area contributed by atoms with Gasteiger partial charge in [0.1, 0.15) is 36.6 Å². The maximum atomic E-state index is 13.5. The molecule has 0 amide bonds. The van der Waals surface area contributed by atoms with Gasteiger partial charge in [0.25, 0.3) is 0 Å². The maximum absolute atomic E-state index is 13.5. The Morgan fingerprint density at radius 3 is 1.59 bits per heavy atom. The average Bonchev–Trinajstić information content (AvgIpc) is 3.53. The fraction of sp³-hybridized carbons (Fsp3) is 0.556. The van der Waals surface area contributed by atoms with Gasteiger partial charge in [0, 0.05) is 46.4 Å². The van der Waals surface area contributed by atoms with E-state index >= 15 is 0 Å². The molecule has 19 nitrogen and oxygen atoms in total. The van der Waals surface area contributed by atoms with E-state index in [4.69, 9.17) is 47.4 Å². The zero-order chi connectivity index (χ0) is 47.5. The predicted molar refractivity (Wildman–Crippen MR) is 199 cm³/mol. The molecule has 0 saturated carbocycles. The van der Waals surface area contributed by atoms with Crippen LogP contribution in [0.4, 0.5) is 25.2 Å². The van der Waals surface area contributed by atoms with Crippen LogP contribution in [0.15, 0.2) is 53.9 Å². The van der Waals surface area contributed by atoms with Crippen molar-refractivity contribution in [1.82, 2.24) is 4.57 Å². The summed E-state index contributed by atoms with van der Waals surface area (Å²) in [5, 5.41) is 0. The van der Waals surface area contributed by atoms with Crippen molar-refractivity contribution in [3.05, 3.63) is 49.1 Å². The summed E-state index contributed by atoms with van der Waals surface area (Å²) in [4.78, 5) is 87.9. The molecule has 1 aromatic carbocycles. The van der Waals surface area contributed by atoms with Crippen molar-refractivity contribution < 1.29 is 111 Å². The van der Waals surface area contributed by atoms with Gasteiger partial charge >= 0.3 is 74.8 Å². The van der Waals surface area contributed by atoms with E-state index in [1.165, 1.54) is 4.57 Å². The van der Waals surface area contributed by atoms with Gasteiger partial charge in [0.2, 0.25) is 6.33 Å². The van der Waals surface area contributed by atoms with Crippen molar-refractivity contribution in [2.75, 3.05) is 13.2 Å². The fourth-order valence-corrected chi connectivity index (χ4v) is 7.10. The van der Waals surface area contributed by atoms with E-state index in [0.717, 1.165) is 53.3 Å². The van der Waals surface area contributed by atoms with Crippen LogP contribution >= 0.6 is 19.6 Å². The Morgan fingerprint density at radius 1 is 0.635 bits per heavy atom. The molecule has 63 heavy (non-hydrogen) atoms. The molecule has 0 radical (unpaired) electrons. The monoisotopic (exact) mass is 954 g/mol. The first-order chi connectivity index (χ1) is 28.9. The summed E-state index contributed by atoms with van der Waals surface area (Å²) in [6.07, 6.45) is -8.13. The van der Waals surface area contributed by atoms with Crippen LogP contribution in [0.25, 0.3) is 0 Å². The molecular weight excluding hydrogens is 909 g/mol. The summed E-state index contributed by atoms with van der Waals surface area (Å²) in [5.74, 6) is -5.58. The van der Waals surface area contributed by atoms with E-state index in [1.54, 1.807) is 60.7 Å². The summed E-state index contributed by atoms with van der Waals surface area (Å²) < 4.78 is 120. The molecule has 0 N–H and O–H groups in total. The number of esters is 7. The second-order valence-electron chi connectivity index (χ2n) is 13.7. The first kappa shape index (κ1) is 52.3. The van der Waals surface area contributed by atoms with Crippen LogP contribution in [-0.2, 0) is 94.5 Å². The van der Waals surface area contributed by atoms with E-state index in [-0.39, 0.29) is 6.54 Å². The molecule has 2 fully saturated rings. The van der Waals surface area contributed by atoms with Gasteiger partial charge in [0.05, 0.1) is 13.7 Å². The topological polar surface area (TPSA) is 221 Å². The fourth-order valence-electron chi connectivity index (χ4n) is 5.97. The second kappa shape index (κ2) is 21.1. The number of carbonyl (C=O) groups excluding carboxylic acids is 7. The molecule has 0 unspecified atom stereocenters. The van der Waals surface area contributed by atoms with Gasteiger partial charge < -0.3 is 47.4 Å². The number of carbonyl (C=O) groups is 7. The number of ether oxygens (including phenoxy) is 10. The number of hydrogen-bond donors (Lipinski definition) is 0. The number of benzene rings is 1. The van der Waals surface area contributed by atoms with E-state index in [0.29, 0.717) is 4.90 Å². The molecule has 2 aromatic rings. The number of halogens is 6. The van der Waals surface area contributed by atoms with Crippen LogP contribution in [0.5, 0.6) is 0 Å². The van der Waals surface area contributed by atoms with Gasteiger partial charge in [-0.2, -0.15) is 0 Å². The third-order valence-corrected chi connectivity index (χ3v) is 9.12. The molecule has 2 aliphatic heterocycles. The van der Waals surface area contributed by atoms with Crippen molar-refractivity contribution in [2.45, 2.75) is 114 Å². The number of hydrogen-bond acceptors (Lipinski definition) is 18. The molecule has 2 saturated heterocycles. The molecule has 3 heterocycles. The Bertz CT molecular complexity index is 1950. The van der Waals surface area contributed by atoms with Crippen LogP contribution in [0, 0.1) is 0 Å². The minimum atomic E-state index is -10.7. The van der Waals surface area contributed by atoms with E-state index in [2.05, 4.69) is 0 Å². The normalized spacial score (nSPS) is 26.7. The predicted octanol–water partition coefficient (Wildman–Crippen LogP) is 4.09. The van der Waals surface area contributed by atoms with Crippen molar-refractivity contribution in [2.24, 2.45) is 7.05 Å². The molecule has 10 atom stereocenters. The standard InChI is InChI=1S/C36H45N2O17S.F6P/c1-19(39)46-16-26-29(48-20(2)40)31(49-21(3)41)33(51-23(5)43)35(53-26)47-17-27-30(55-28(45)15-38-14-13-37(7)18-38)32(50-22(4)42)34(52-24(6)44)36(54-27)56-25-11-9-8-10-12-25;1-7(2,3,4,5)6/h8-14,18,26-27,29-36H,15-17H2,1-7H3;/q+1;-1/t26-,27-,29-,30-,31+,32+,33-,34-,35-,36+;/m1./s1. The Kier molecular flexibility index (Phi) is 17.5. The quantitative estimate of drug-likeness (QED) is 0.0807. The van der Waals surface area contributed by atoms with Crippen molar-refractivity contribution in [3.8, 4) is 0 Å². The molecular formula is C36H45F6N2O17PS. The minimum absolute atomic E-state index is 0.280. The Morgan fingerprint density at radius 2 is 1.10 bits per heavy atom. The van der Waals surface area contributed by atoms with Gasteiger partial charge in [-0.1, -0.05) is 30.0 Å². The summed E-state index contributed by atoms with van der Waals surface area (Å²) in [5.41, 5.74) is -1.09. The molecule has 0 spiro atoms. The van der Waals surface area contributed by atoms with Gasteiger partial charge in [-0.15, -0.1) is 0 Å². The average molecular weight is 955 g/mol. The van der Waals surface area contributed by atoms with Crippen LogP contribution < -0.4 is 4.57 Å². The number of aromatic nitrogens is 2. The number of aryl methyl sites for hydroxylation is 1. The number of nitrogens with zero attached hydrogens (tertiary/aromatic N) is 2. The summed E-state index contributed by atoms with van der Waals surface area (Å²) in [6.45, 7) is 5.30. The third kappa shape index (κ3) is 19.5. The molecule has 2 aliphatic rings. The van der Waals surface area contributed by atoms with Crippen LogP contribution in [0.2, 0.25) is 0 Å². The Hall–Kier alpha value is -5.04. The molecule has 4 rings (SSSR count). The number of rotatable bonds is 15.